The Bertz CT molecular complexity index is 1770. The van der Waals surface area contributed by atoms with Crippen molar-refractivity contribution in [1.82, 2.24) is 5.32 Å². The van der Waals surface area contributed by atoms with Crippen LogP contribution in [-0.4, -0.2) is 25.0 Å². The third-order valence-electron chi connectivity index (χ3n) is 7.03. The first-order valence-electron chi connectivity index (χ1n) is 13.6. The van der Waals surface area contributed by atoms with Crippen molar-refractivity contribution in [3.63, 3.8) is 0 Å². The highest BCUT2D eigenvalue weighted by atomic mass is 35.5. The van der Waals surface area contributed by atoms with Crippen molar-refractivity contribution >= 4 is 52.8 Å². The minimum atomic E-state index is -0.826. The predicted molar refractivity (Wildman–Crippen MR) is 169 cm³/mol. The van der Waals surface area contributed by atoms with Crippen LogP contribution in [0, 0.1) is 13.8 Å². The van der Waals surface area contributed by atoms with E-state index in [-0.39, 0.29) is 28.0 Å². The van der Waals surface area contributed by atoms with Gasteiger partial charge in [0.25, 0.3) is 11.8 Å². The van der Waals surface area contributed by atoms with Crippen LogP contribution in [0.4, 0.5) is 10.5 Å². The molecule has 0 aliphatic carbocycles. The van der Waals surface area contributed by atoms with E-state index in [4.69, 9.17) is 37.4 Å². The highest BCUT2D eigenvalue weighted by Crippen LogP contribution is 2.37. The van der Waals surface area contributed by atoms with E-state index in [0.717, 1.165) is 27.2 Å². The van der Waals surface area contributed by atoms with Gasteiger partial charge in [-0.1, -0.05) is 65.7 Å². The molecule has 1 N–H and O–H groups in total. The number of nitrogens with zero attached hydrogens (tertiary/aromatic N) is 1. The Morgan fingerprint density at radius 1 is 0.773 bits per heavy atom. The lowest BCUT2D eigenvalue weighted by Gasteiger charge is -2.27. The molecule has 1 heterocycles. The number of barbiturate groups is 1. The second-order valence-corrected chi connectivity index (χ2v) is 10.9. The summed E-state index contributed by atoms with van der Waals surface area (Å²) in [7, 11) is 1.56. The standard InChI is InChI=1S/C34H28Cl2N2O6/c1-20-9-11-25(13-21(20)2)38-33(40)26(32(39)37-34(38)41)14-24-15-27(35)31(28(36)16-24)44-19-23-10-12-29(30(17-23)42-3)43-18-22-7-5-4-6-8-22/h4-17H,18-19H2,1-3H3,(H,37,39,41)/b26-14-. The number of carbonyl (C=O) groups excluding carboxylic acids is 3. The van der Waals surface area contributed by atoms with E-state index in [1.807, 2.05) is 50.2 Å². The van der Waals surface area contributed by atoms with Crippen molar-refractivity contribution in [3.8, 4) is 17.2 Å². The summed E-state index contributed by atoms with van der Waals surface area (Å²) in [5.41, 5.74) is 4.19. The molecule has 0 saturated carbocycles. The Morgan fingerprint density at radius 3 is 2.16 bits per heavy atom. The van der Waals surface area contributed by atoms with E-state index in [0.29, 0.717) is 29.4 Å². The van der Waals surface area contributed by atoms with E-state index in [1.54, 1.807) is 37.4 Å². The first-order valence-corrected chi connectivity index (χ1v) is 14.3. The van der Waals surface area contributed by atoms with Gasteiger partial charge in [0.05, 0.1) is 22.8 Å². The molecule has 1 aliphatic rings. The molecule has 0 radical (unpaired) electrons. The lowest BCUT2D eigenvalue weighted by Crippen LogP contribution is -2.54. The summed E-state index contributed by atoms with van der Waals surface area (Å²) >= 11 is 13.0. The van der Waals surface area contributed by atoms with Gasteiger partial charge < -0.3 is 14.2 Å². The van der Waals surface area contributed by atoms with Crippen molar-refractivity contribution in [1.29, 1.82) is 0 Å². The summed E-state index contributed by atoms with van der Waals surface area (Å²) in [5, 5.41) is 2.56. The predicted octanol–water partition coefficient (Wildman–Crippen LogP) is 7.44. The van der Waals surface area contributed by atoms with Crippen LogP contribution in [0.15, 0.2) is 84.4 Å². The van der Waals surface area contributed by atoms with Crippen LogP contribution >= 0.6 is 23.2 Å². The maximum atomic E-state index is 13.3. The highest BCUT2D eigenvalue weighted by molar-refractivity contribution is 6.40. The summed E-state index contributed by atoms with van der Waals surface area (Å²) in [6.45, 7) is 4.31. The van der Waals surface area contributed by atoms with Crippen LogP contribution in [0.25, 0.3) is 6.08 Å². The van der Waals surface area contributed by atoms with E-state index in [1.165, 1.54) is 18.2 Å². The van der Waals surface area contributed by atoms with Crippen LogP contribution < -0.4 is 24.4 Å². The lowest BCUT2D eigenvalue weighted by molar-refractivity contribution is -0.122. The number of anilines is 1. The number of halogens is 2. The Morgan fingerprint density at radius 2 is 1.48 bits per heavy atom. The lowest BCUT2D eigenvalue weighted by atomic mass is 10.0. The monoisotopic (exact) mass is 630 g/mol. The fraction of sp³-hybridized carbons (Fsp3) is 0.147. The van der Waals surface area contributed by atoms with Gasteiger partial charge in [0.2, 0.25) is 0 Å². The van der Waals surface area contributed by atoms with Crippen molar-refractivity contribution < 1.29 is 28.6 Å². The Balaban J connectivity index is 1.31. The summed E-state index contributed by atoms with van der Waals surface area (Å²) in [5.74, 6) is -0.222. The maximum Gasteiger partial charge on any atom is 0.335 e. The quantitative estimate of drug-likeness (QED) is 0.152. The minimum Gasteiger partial charge on any atom is -0.493 e. The molecule has 1 aliphatic heterocycles. The Hall–Kier alpha value is -4.79. The first-order chi connectivity index (χ1) is 21.1. The molecule has 224 valence electrons. The molecule has 0 atom stereocenters. The number of hydrogen-bond donors (Lipinski definition) is 1. The average Bonchev–Trinajstić information content (AvgIpc) is 3.00. The van der Waals surface area contributed by atoms with Crippen LogP contribution in [0.2, 0.25) is 10.0 Å². The molecule has 1 saturated heterocycles. The summed E-state index contributed by atoms with van der Waals surface area (Å²) in [6, 6.07) is 22.6. The molecule has 1 fully saturated rings. The van der Waals surface area contributed by atoms with Crippen LogP contribution in [0.3, 0.4) is 0 Å². The topological polar surface area (TPSA) is 94.2 Å². The summed E-state index contributed by atoms with van der Waals surface area (Å²) < 4.78 is 17.4. The molecule has 0 bridgehead atoms. The number of methoxy groups -OCH3 is 1. The highest BCUT2D eigenvalue weighted by Gasteiger charge is 2.37. The molecular formula is C34H28Cl2N2O6. The van der Waals surface area contributed by atoms with Gasteiger partial charge in [0.15, 0.2) is 17.2 Å². The Kier molecular flexibility index (Phi) is 9.23. The van der Waals surface area contributed by atoms with Gasteiger partial charge in [-0.3, -0.25) is 14.9 Å². The number of rotatable bonds is 9. The van der Waals surface area contributed by atoms with Gasteiger partial charge in [0.1, 0.15) is 18.8 Å². The average molecular weight is 632 g/mol. The largest absolute Gasteiger partial charge is 0.493 e. The van der Waals surface area contributed by atoms with Gasteiger partial charge in [0, 0.05) is 0 Å². The number of aryl methyl sites for hydroxylation is 2. The molecule has 4 aromatic rings. The molecule has 4 aromatic carbocycles. The number of ether oxygens (including phenoxy) is 3. The molecule has 10 heteroatoms. The number of hydrogen-bond acceptors (Lipinski definition) is 6. The molecule has 8 nitrogen and oxygen atoms in total. The normalized spacial score (nSPS) is 14.1. The zero-order valence-electron chi connectivity index (χ0n) is 24.1. The van der Waals surface area contributed by atoms with E-state index in [9.17, 15) is 14.4 Å². The van der Waals surface area contributed by atoms with Gasteiger partial charge in [-0.2, -0.15) is 0 Å². The van der Waals surface area contributed by atoms with Crippen LogP contribution in [0.5, 0.6) is 17.2 Å². The number of nitrogens with one attached hydrogen (secondary N) is 1. The van der Waals surface area contributed by atoms with E-state index < -0.39 is 17.8 Å². The zero-order chi connectivity index (χ0) is 31.4. The molecule has 44 heavy (non-hydrogen) atoms. The zero-order valence-corrected chi connectivity index (χ0v) is 25.7. The third-order valence-corrected chi connectivity index (χ3v) is 7.59. The third kappa shape index (κ3) is 6.72. The number of imide groups is 2. The molecule has 4 amide bonds. The van der Waals surface area contributed by atoms with E-state index >= 15 is 0 Å². The molecule has 0 aromatic heterocycles. The maximum absolute atomic E-state index is 13.3. The van der Waals surface area contributed by atoms with Crippen molar-refractivity contribution in [2.45, 2.75) is 27.1 Å². The fourth-order valence-electron chi connectivity index (χ4n) is 4.54. The number of benzene rings is 4. The van der Waals surface area contributed by atoms with Crippen molar-refractivity contribution in [2.24, 2.45) is 0 Å². The molecule has 0 spiro atoms. The molecule has 0 unspecified atom stereocenters. The minimum absolute atomic E-state index is 0.128. The van der Waals surface area contributed by atoms with Gasteiger partial charge >= 0.3 is 6.03 Å². The van der Waals surface area contributed by atoms with E-state index in [2.05, 4.69) is 5.32 Å². The summed E-state index contributed by atoms with van der Waals surface area (Å²) in [6.07, 6.45) is 1.33. The number of urea groups is 1. The number of carbonyl (C=O) groups is 3. The number of amides is 4. The van der Waals surface area contributed by atoms with Gasteiger partial charge in [-0.15, -0.1) is 0 Å². The first kappa shape index (κ1) is 30.7. The van der Waals surface area contributed by atoms with Crippen molar-refractivity contribution in [3.05, 3.63) is 122 Å². The smallest absolute Gasteiger partial charge is 0.335 e. The van der Waals surface area contributed by atoms with Crippen LogP contribution in [-0.2, 0) is 22.8 Å². The second kappa shape index (κ2) is 13.2. The van der Waals surface area contributed by atoms with Crippen LogP contribution in [0.1, 0.15) is 27.8 Å². The molecule has 5 rings (SSSR count). The Labute approximate surface area is 264 Å². The molecular weight excluding hydrogens is 603 g/mol. The van der Waals surface area contributed by atoms with Gasteiger partial charge in [-0.05, 0) is 84.1 Å². The SMILES string of the molecule is COc1cc(COc2c(Cl)cc(/C=C3/C(=O)NC(=O)N(c4ccc(C)c(C)c4)C3=O)cc2Cl)ccc1OCc1ccccc1. The van der Waals surface area contributed by atoms with Crippen molar-refractivity contribution in [2.75, 3.05) is 12.0 Å². The second-order valence-electron chi connectivity index (χ2n) is 10.1. The fourth-order valence-corrected chi connectivity index (χ4v) is 5.15. The van der Waals surface area contributed by atoms with Gasteiger partial charge in [-0.25, -0.2) is 9.69 Å². The summed E-state index contributed by atoms with van der Waals surface area (Å²) in [4.78, 5) is 39.4.